The summed E-state index contributed by atoms with van der Waals surface area (Å²) in [5, 5.41) is 5.20. The van der Waals surface area contributed by atoms with Crippen molar-refractivity contribution in [1.82, 2.24) is 19.6 Å². The highest BCUT2D eigenvalue weighted by atomic mass is 16.5. The van der Waals surface area contributed by atoms with Crippen molar-refractivity contribution in [3.05, 3.63) is 30.0 Å². The lowest BCUT2D eigenvalue weighted by atomic mass is 10.1. The average molecular weight is 328 g/mol. The minimum Gasteiger partial charge on any atom is -0.380 e. The fourth-order valence-electron chi connectivity index (χ4n) is 3.77. The van der Waals surface area contributed by atoms with Gasteiger partial charge in [0.2, 0.25) is 5.91 Å². The fourth-order valence-corrected chi connectivity index (χ4v) is 3.77. The van der Waals surface area contributed by atoms with Crippen molar-refractivity contribution in [2.75, 3.05) is 26.7 Å². The van der Waals surface area contributed by atoms with Crippen LogP contribution in [0.25, 0.3) is 10.9 Å². The second-order valence-corrected chi connectivity index (χ2v) is 6.47. The van der Waals surface area contributed by atoms with E-state index in [9.17, 15) is 9.59 Å². The van der Waals surface area contributed by atoms with Crippen LogP contribution in [0.2, 0.25) is 0 Å². The Morgan fingerprint density at radius 2 is 2.08 bits per heavy atom. The van der Waals surface area contributed by atoms with E-state index in [-0.39, 0.29) is 30.5 Å². The second-order valence-electron chi connectivity index (χ2n) is 6.47. The average Bonchev–Trinajstić information content (AvgIpc) is 3.16. The van der Waals surface area contributed by atoms with Gasteiger partial charge in [0.25, 0.3) is 5.91 Å². The molecule has 0 N–H and O–H groups in total. The maximum atomic E-state index is 13.0. The molecule has 4 rings (SSSR count). The summed E-state index contributed by atoms with van der Waals surface area (Å²) in [6, 6.07) is 7.68. The predicted octanol–water partition coefficient (Wildman–Crippen LogP) is 0.645. The van der Waals surface area contributed by atoms with Crippen LogP contribution in [0, 0.1) is 0 Å². The van der Waals surface area contributed by atoms with Crippen LogP contribution in [0.15, 0.2) is 24.3 Å². The van der Waals surface area contributed by atoms with Crippen molar-refractivity contribution in [3.63, 3.8) is 0 Å². The van der Waals surface area contributed by atoms with Crippen LogP contribution in [0.1, 0.15) is 16.9 Å². The number of amides is 2. The van der Waals surface area contributed by atoms with E-state index in [0.29, 0.717) is 18.8 Å². The number of hydrogen-bond acceptors (Lipinski definition) is 4. The van der Waals surface area contributed by atoms with E-state index < -0.39 is 0 Å². The Hall–Kier alpha value is -2.41. The lowest BCUT2D eigenvalue weighted by molar-refractivity contribution is -0.136. The van der Waals surface area contributed by atoms with Crippen LogP contribution in [0.3, 0.4) is 0 Å². The summed E-state index contributed by atoms with van der Waals surface area (Å²) < 4.78 is 7.09. The number of benzene rings is 1. The van der Waals surface area contributed by atoms with E-state index in [4.69, 9.17) is 4.74 Å². The monoisotopic (exact) mass is 328 g/mol. The molecule has 1 aromatic carbocycles. The van der Waals surface area contributed by atoms with Gasteiger partial charge < -0.3 is 14.5 Å². The zero-order valence-corrected chi connectivity index (χ0v) is 13.8. The number of aromatic nitrogens is 2. The molecular formula is C17H20N4O3. The summed E-state index contributed by atoms with van der Waals surface area (Å²) in [6.07, 6.45) is 0.833. The van der Waals surface area contributed by atoms with Crippen molar-refractivity contribution in [3.8, 4) is 0 Å². The van der Waals surface area contributed by atoms with Gasteiger partial charge in [0, 0.05) is 32.6 Å². The first kappa shape index (κ1) is 15.1. The first-order chi connectivity index (χ1) is 11.6. The number of hydrogen-bond donors (Lipinski definition) is 0. The maximum Gasteiger partial charge on any atom is 0.275 e. The molecule has 0 unspecified atom stereocenters. The second kappa shape index (κ2) is 5.59. The highest BCUT2D eigenvalue weighted by Crippen LogP contribution is 2.26. The molecule has 2 amide bonds. The highest BCUT2D eigenvalue weighted by molar-refractivity contribution is 6.06. The Morgan fingerprint density at radius 1 is 1.29 bits per heavy atom. The van der Waals surface area contributed by atoms with Crippen molar-refractivity contribution in [2.24, 2.45) is 7.05 Å². The van der Waals surface area contributed by atoms with Crippen LogP contribution < -0.4 is 0 Å². The van der Waals surface area contributed by atoms with Gasteiger partial charge >= 0.3 is 0 Å². The van der Waals surface area contributed by atoms with Crippen molar-refractivity contribution < 1.29 is 14.3 Å². The van der Waals surface area contributed by atoms with E-state index in [2.05, 4.69) is 5.10 Å². The number of aryl methyl sites for hydroxylation is 1. The zero-order valence-electron chi connectivity index (χ0n) is 13.8. The number of nitrogens with zero attached hydrogens (tertiary/aromatic N) is 4. The first-order valence-electron chi connectivity index (χ1n) is 8.11. The third-order valence-electron chi connectivity index (χ3n) is 5.03. The summed E-state index contributed by atoms with van der Waals surface area (Å²) in [5.41, 5.74) is 1.32. The lowest BCUT2D eigenvalue weighted by Crippen LogP contribution is -2.55. The van der Waals surface area contributed by atoms with Gasteiger partial charge in [0.1, 0.15) is 6.54 Å². The number of carbonyl (C=O) groups excluding carboxylic acids is 2. The molecule has 2 atom stereocenters. The van der Waals surface area contributed by atoms with E-state index in [1.807, 2.05) is 36.2 Å². The number of para-hydroxylation sites is 1. The zero-order chi connectivity index (χ0) is 16.8. The van der Waals surface area contributed by atoms with Gasteiger partial charge in [-0.05, 0) is 12.5 Å². The minimum atomic E-state index is -0.180. The molecule has 0 radical (unpaired) electrons. The Bertz CT molecular complexity index is 815. The molecule has 0 saturated carbocycles. The summed E-state index contributed by atoms with van der Waals surface area (Å²) >= 11 is 0. The highest BCUT2D eigenvalue weighted by Gasteiger charge is 2.42. The molecule has 7 heteroatoms. The van der Waals surface area contributed by atoms with Gasteiger partial charge in [-0.3, -0.25) is 14.3 Å². The van der Waals surface area contributed by atoms with Crippen molar-refractivity contribution in [2.45, 2.75) is 18.6 Å². The number of piperazine rings is 1. The SMILES string of the molecule is CO[C@H]1C[C@H]2CN(C(=O)c3nn(C)c4ccccc34)CC(=O)N2C1. The van der Waals surface area contributed by atoms with Gasteiger partial charge in [-0.15, -0.1) is 0 Å². The number of methoxy groups -OCH3 is 1. The smallest absolute Gasteiger partial charge is 0.275 e. The van der Waals surface area contributed by atoms with Crippen molar-refractivity contribution in [1.29, 1.82) is 0 Å². The molecule has 2 aliphatic rings. The number of carbonyl (C=O) groups is 2. The summed E-state index contributed by atoms with van der Waals surface area (Å²) in [6.45, 7) is 1.26. The minimum absolute atomic E-state index is 0.0145. The quantitative estimate of drug-likeness (QED) is 0.812. The van der Waals surface area contributed by atoms with Gasteiger partial charge in [-0.2, -0.15) is 5.10 Å². The molecule has 0 spiro atoms. The number of rotatable bonds is 2. The third-order valence-corrected chi connectivity index (χ3v) is 5.03. The molecule has 24 heavy (non-hydrogen) atoms. The van der Waals surface area contributed by atoms with Crippen LogP contribution in [-0.4, -0.2) is 70.3 Å². The fraction of sp³-hybridized carbons (Fsp3) is 0.471. The summed E-state index contributed by atoms with van der Waals surface area (Å²) in [4.78, 5) is 28.8. The molecule has 2 aliphatic heterocycles. The van der Waals surface area contributed by atoms with Gasteiger partial charge in [-0.1, -0.05) is 18.2 Å². The Morgan fingerprint density at radius 3 is 2.88 bits per heavy atom. The first-order valence-corrected chi connectivity index (χ1v) is 8.11. The Kier molecular flexibility index (Phi) is 3.53. The van der Waals surface area contributed by atoms with Crippen LogP contribution in [-0.2, 0) is 16.6 Å². The van der Waals surface area contributed by atoms with Crippen LogP contribution >= 0.6 is 0 Å². The summed E-state index contributed by atoms with van der Waals surface area (Å²) in [7, 11) is 3.49. The van der Waals surface area contributed by atoms with Gasteiger partial charge in [0.05, 0.1) is 17.7 Å². The molecule has 2 aromatic rings. The van der Waals surface area contributed by atoms with Crippen molar-refractivity contribution >= 4 is 22.7 Å². The molecule has 0 aliphatic carbocycles. The predicted molar refractivity (Wildman–Crippen MR) is 87.5 cm³/mol. The third kappa shape index (κ3) is 2.27. The lowest BCUT2D eigenvalue weighted by Gasteiger charge is -2.36. The molecule has 0 bridgehead atoms. The number of fused-ring (bicyclic) bond motifs is 2. The molecular weight excluding hydrogens is 308 g/mol. The Labute approximate surface area is 139 Å². The molecule has 2 saturated heterocycles. The van der Waals surface area contributed by atoms with E-state index in [0.717, 1.165) is 17.3 Å². The largest absolute Gasteiger partial charge is 0.380 e. The standard InChI is InChI=1S/C17H20N4O3/c1-19-14-6-4-3-5-13(14)16(18-19)17(23)20-8-11-7-12(24-2)9-21(11)15(22)10-20/h3-6,11-12H,7-10H2,1-2H3/t11-,12-/m0/s1. The Balaban J connectivity index is 1.62. The molecule has 126 valence electrons. The summed E-state index contributed by atoms with van der Waals surface area (Å²) in [5.74, 6) is -0.194. The molecule has 2 fully saturated rings. The normalized spacial score (nSPS) is 23.8. The topological polar surface area (TPSA) is 67.7 Å². The van der Waals surface area contributed by atoms with Gasteiger partial charge in [0.15, 0.2) is 5.69 Å². The van der Waals surface area contributed by atoms with E-state index >= 15 is 0 Å². The molecule has 3 heterocycles. The molecule has 7 nitrogen and oxygen atoms in total. The van der Waals surface area contributed by atoms with E-state index in [1.165, 1.54) is 0 Å². The van der Waals surface area contributed by atoms with Crippen LogP contribution in [0.5, 0.6) is 0 Å². The van der Waals surface area contributed by atoms with E-state index in [1.54, 1.807) is 16.7 Å². The number of ether oxygens (including phenoxy) is 1. The van der Waals surface area contributed by atoms with Crippen LogP contribution in [0.4, 0.5) is 0 Å². The molecule has 1 aromatic heterocycles. The maximum absolute atomic E-state index is 13.0. The van der Waals surface area contributed by atoms with Gasteiger partial charge in [-0.25, -0.2) is 0 Å².